The molecule has 0 aliphatic heterocycles. The van der Waals surface area contributed by atoms with Crippen molar-refractivity contribution in [1.29, 1.82) is 5.26 Å². The third kappa shape index (κ3) is 3.75. The van der Waals surface area contributed by atoms with Crippen LogP contribution in [0.1, 0.15) is 12.5 Å². The summed E-state index contributed by atoms with van der Waals surface area (Å²) in [5.41, 5.74) is 0.486. The van der Waals surface area contributed by atoms with Crippen LogP contribution in [0, 0.1) is 11.3 Å². The fraction of sp³-hybridized carbons (Fsp3) is 0.286. The first-order valence-electron chi connectivity index (χ1n) is 5.67. The predicted octanol–water partition coefficient (Wildman–Crippen LogP) is 2.17. The minimum atomic E-state index is -0.658. The van der Waals surface area contributed by atoms with E-state index in [1.807, 2.05) is 6.07 Å². The molecule has 0 radical (unpaired) electrons. The fourth-order valence-corrected chi connectivity index (χ4v) is 1.45. The number of carbonyl (C=O) groups is 1. The van der Waals surface area contributed by atoms with Gasteiger partial charge in [-0.2, -0.15) is 5.26 Å². The van der Waals surface area contributed by atoms with Crippen LogP contribution < -0.4 is 9.47 Å². The number of rotatable bonds is 5. The largest absolute Gasteiger partial charge is 0.497 e. The average molecular weight is 261 g/mol. The van der Waals surface area contributed by atoms with Gasteiger partial charge < -0.3 is 14.2 Å². The minimum Gasteiger partial charge on any atom is -0.497 e. The Morgan fingerprint density at radius 1 is 1.37 bits per heavy atom. The van der Waals surface area contributed by atoms with Crippen molar-refractivity contribution in [2.24, 2.45) is 0 Å². The number of hydrogen-bond acceptors (Lipinski definition) is 5. The maximum Gasteiger partial charge on any atom is 0.348 e. The van der Waals surface area contributed by atoms with E-state index in [0.717, 1.165) is 0 Å². The number of nitriles is 1. The van der Waals surface area contributed by atoms with Gasteiger partial charge >= 0.3 is 5.97 Å². The molecule has 0 aliphatic carbocycles. The number of ether oxygens (including phenoxy) is 3. The molecule has 1 aromatic carbocycles. The third-order valence-electron chi connectivity index (χ3n) is 2.35. The summed E-state index contributed by atoms with van der Waals surface area (Å²) in [6.45, 7) is 1.89. The van der Waals surface area contributed by atoms with Gasteiger partial charge in [-0.05, 0) is 31.2 Å². The normalized spacial score (nSPS) is 10.5. The van der Waals surface area contributed by atoms with Crippen molar-refractivity contribution >= 4 is 12.0 Å². The van der Waals surface area contributed by atoms with Crippen LogP contribution in [0.4, 0.5) is 0 Å². The summed E-state index contributed by atoms with van der Waals surface area (Å²) in [4.78, 5) is 11.5. The van der Waals surface area contributed by atoms with Gasteiger partial charge in [0.2, 0.25) is 0 Å². The summed E-state index contributed by atoms with van der Waals surface area (Å²) in [5, 5.41) is 8.98. The molecule has 1 aromatic rings. The van der Waals surface area contributed by atoms with Gasteiger partial charge in [0.25, 0.3) is 0 Å². The van der Waals surface area contributed by atoms with Crippen molar-refractivity contribution in [2.45, 2.75) is 6.92 Å². The van der Waals surface area contributed by atoms with Gasteiger partial charge in [0.15, 0.2) is 0 Å². The van der Waals surface area contributed by atoms with Gasteiger partial charge in [-0.1, -0.05) is 0 Å². The van der Waals surface area contributed by atoms with Crippen LogP contribution >= 0.6 is 0 Å². The molecule has 1 rings (SSSR count). The van der Waals surface area contributed by atoms with Gasteiger partial charge in [-0.15, -0.1) is 0 Å². The molecule has 0 saturated heterocycles. The highest BCUT2D eigenvalue weighted by Crippen LogP contribution is 2.26. The number of hydrogen-bond donors (Lipinski definition) is 0. The SMILES string of the molecule is CCOC(=O)/C(C#N)=C\c1cc(OC)ccc1OC. The van der Waals surface area contributed by atoms with E-state index in [-0.39, 0.29) is 12.2 Å². The summed E-state index contributed by atoms with van der Waals surface area (Å²) >= 11 is 0. The van der Waals surface area contributed by atoms with Gasteiger partial charge in [-0.3, -0.25) is 0 Å². The van der Waals surface area contributed by atoms with Gasteiger partial charge in [-0.25, -0.2) is 4.79 Å². The van der Waals surface area contributed by atoms with Crippen molar-refractivity contribution in [3.05, 3.63) is 29.3 Å². The van der Waals surface area contributed by atoms with E-state index >= 15 is 0 Å². The highest BCUT2D eigenvalue weighted by atomic mass is 16.5. The molecule has 100 valence electrons. The average Bonchev–Trinajstić information content (AvgIpc) is 2.44. The zero-order valence-corrected chi connectivity index (χ0v) is 11.1. The van der Waals surface area contributed by atoms with Crippen LogP contribution in [0.15, 0.2) is 23.8 Å². The Bertz CT molecular complexity index is 529. The Hall–Kier alpha value is -2.48. The topological polar surface area (TPSA) is 68.6 Å². The second-order valence-corrected chi connectivity index (χ2v) is 3.50. The van der Waals surface area contributed by atoms with Gasteiger partial charge in [0.1, 0.15) is 23.1 Å². The van der Waals surface area contributed by atoms with E-state index < -0.39 is 5.97 Å². The van der Waals surface area contributed by atoms with Crippen LogP contribution in [0.25, 0.3) is 6.08 Å². The molecule has 5 heteroatoms. The maximum absolute atomic E-state index is 11.5. The van der Waals surface area contributed by atoms with Crippen molar-refractivity contribution in [1.82, 2.24) is 0 Å². The zero-order valence-electron chi connectivity index (χ0n) is 11.1. The lowest BCUT2D eigenvalue weighted by Gasteiger charge is -2.07. The molecule has 0 saturated carbocycles. The number of benzene rings is 1. The van der Waals surface area contributed by atoms with E-state index in [2.05, 4.69) is 0 Å². The minimum absolute atomic E-state index is 0.0894. The molecule has 0 heterocycles. The molecule has 0 aliphatic rings. The van der Waals surface area contributed by atoms with Crippen LogP contribution in [-0.2, 0) is 9.53 Å². The molecule has 0 atom stereocenters. The summed E-state index contributed by atoms with van der Waals surface area (Å²) in [6, 6.07) is 6.92. The van der Waals surface area contributed by atoms with E-state index in [1.54, 1.807) is 25.1 Å². The first-order chi connectivity index (χ1) is 9.15. The summed E-state index contributed by atoms with van der Waals surface area (Å²) in [6.07, 6.45) is 1.42. The van der Waals surface area contributed by atoms with E-state index in [9.17, 15) is 4.79 Å². The smallest absolute Gasteiger partial charge is 0.348 e. The Balaban J connectivity index is 3.20. The van der Waals surface area contributed by atoms with Crippen molar-refractivity contribution in [3.8, 4) is 17.6 Å². The van der Waals surface area contributed by atoms with E-state index in [0.29, 0.717) is 17.1 Å². The first kappa shape index (κ1) is 14.6. The molecular formula is C14H15NO4. The first-order valence-corrected chi connectivity index (χ1v) is 5.67. The van der Waals surface area contributed by atoms with Crippen molar-refractivity contribution < 1.29 is 19.0 Å². The Morgan fingerprint density at radius 2 is 2.11 bits per heavy atom. The number of esters is 1. The van der Waals surface area contributed by atoms with Crippen molar-refractivity contribution in [3.63, 3.8) is 0 Å². The zero-order chi connectivity index (χ0) is 14.3. The molecular weight excluding hydrogens is 246 g/mol. The van der Waals surface area contributed by atoms with Gasteiger partial charge in [0.05, 0.1) is 20.8 Å². The molecule has 0 N–H and O–H groups in total. The summed E-state index contributed by atoms with van der Waals surface area (Å²) in [7, 11) is 3.04. The lowest BCUT2D eigenvalue weighted by atomic mass is 10.1. The highest BCUT2D eigenvalue weighted by Gasteiger charge is 2.12. The Labute approximate surface area is 112 Å². The van der Waals surface area contributed by atoms with Crippen molar-refractivity contribution in [2.75, 3.05) is 20.8 Å². The molecule has 19 heavy (non-hydrogen) atoms. The number of methoxy groups -OCH3 is 2. The van der Waals surface area contributed by atoms with E-state index in [1.165, 1.54) is 20.3 Å². The summed E-state index contributed by atoms with van der Waals surface area (Å²) < 4.78 is 15.1. The Morgan fingerprint density at radius 3 is 2.63 bits per heavy atom. The number of carbonyl (C=O) groups excluding carboxylic acids is 1. The predicted molar refractivity (Wildman–Crippen MR) is 69.8 cm³/mol. The standard InChI is InChI=1S/C14H15NO4/c1-4-19-14(16)11(9-15)7-10-8-12(17-2)5-6-13(10)18-3/h5-8H,4H2,1-3H3/b11-7-. The van der Waals surface area contributed by atoms with E-state index in [4.69, 9.17) is 19.5 Å². The summed E-state index contributed by atoms with van der Waals surface area (Å²) in [5.74, 6) is 0.487. The van der Waals surface area contributed by atoms with Gasteiger partial charge in [0, 0.05) is 5.56 Å². The molecule has 0 amide bonds. The van der Waals surface area contributed by atoms with Crippen LogP contribution in [-0.4, -0.2) is 26.8 Å². The van der Waals surface area contributed by atoms with Crippen LogP contribution in [0.2, 0.25) is 0 Å². The molecule has 0 unspecified atom stereocenters. The quantitative estimate of drug-likeness (QED) is 0.461. The second kappa shape index (κ2) is 7.07. The Kier molecular flexibility index (Phi) is 5.42. The molecule has 0 fully saturated rings. The molecule has 5 nitrogen and oxygen atoms in total. The maximum atomic E-state index is 11.5. The lowest BCUT2D eigenvalue weighted by Crippen LogP contribution is -2.06. The monoisotopic (exact) mass is 261 g/mol. The second-order valence-electron chi connectivity index (χ2n) is 3.50. The molecule has 0 spiro atoms. The fourth-order valence-electron chi connectivity index (χ4n) is 1.45. The van der Waals surface area contributed by atoms with Crippen LogP contribution in [0.3, 0.4) is 0 Å². The highest BCUT2D eigenvalue weighted by molar-refractivity contribution is 5.98. The molecule has 0 bridgehead atoms. The third-order valence-corrected chi connectivity index (χ3v) is 2.35. The molecule has 0 aromatic heterocycles. The van der Waals surface area contributed by atoms with Crippen LogP contribution in [0.5, 0.6) is 11.5 Å². The lowest BCUT2D eigenvalue weighted by molar-refractivity contribution is -0.137. The number of nitrogens with zero attached hydrogens (tertiary/aromatic N) is 1.